The summed E-state index contributed by atoms with van der Waals surface area (Å²) in [5.74, 6) is -0.0348. The van der Waals surface area contributed by atoms with Gasteiger partial charge in [0, 0.05) is 22.7 Å². The fourth-order valence-corrected chi connectivity index (χ4v) is 3.12. The highest BCUT2D eigenvalue weighted by Crippen LogP contribution is 2.25. The van der Waals surface area contributed by atoms with Crippen molar-refractivity contribution in [2.75, 3.05) is 0 Å². The van der Waals surface area contributed by atoms with E-state index in [1.54, 1.807) is 6.07 Å². The monoisotopic (exact) mass is 343 g/mol. The van der Waals surface area contributed by atoms with Crippen molar-refractivity contribution in [1.82, 2.24) is 5.32 Å². The van der Waals surface area contributed by atoms with Gasteiger partial charge in [-0.25, -0.2) is 0 Å². The van der Waals surface area contributed by atoms with Crippen LogP contribution in [0.2, 0.25) is 5.02 Å². The van der Waals surface area contributed by atoms with Crippen molar-refractivity contribution in [2.24, 2.45) is 0 Å². The molecular weight excluding hydrogens is 318 g/mol. The molecule has 0 fully saturated rings. The molecule has 0 bridgehead atoms. The molecule has 0 aliphatic rings. The standard InChI is InChI=1S/C21H26ClNO/c1-6-19(23-21(3,4)5)15-8-7-9-16(13-15)20(24)17-11-10-14(2)12-18(17)22/h7-13,19,23H,6H2,1-5H3. The topological polar surface area (TPSA) is 29.1 Å². The maximum Gasteiger partial charge on any atom is 0.194 e. The molecule has 0 radical (unpaired) electrons. The average Bonchev–Trinajstić information content (AvgIpc) is 2.51. The van der Waals surface area contributed by atoms with E-state index in [0.29, 0.717) is 16.1 Å². The first-order chi connectivity index (χ1) is 11.2. The van der Waals surface area contributed by atoms with Crippen molar-refractivity contribution in [3.63, 3.8) is 0 Å². The van der Waals surface area contributed by atoms with Gasteiger partial charge in [-0.3, -0.25) is 4.79 Å². The van der Waals surface area contributed by atoms with Gasteiger partial charge in [-0.15, -0.1) is 0 Å². The van der Waals surface area contributed by atoms with Crippen molar-refractivity contribution in [1.29, 1.82) is 0 Å². The Balaban J connectivity index is 2.34. The number of aryl methyl sites for hydroxylation is 1. The summed E-state index contributed by atoms with van der Waals surface area (Å²) in [5, 5.41) is 4.11. The molecule has 2 rings (SSSR count). The predicted octanol–water partition coefficient (Wildman–Crippen LogP) is 5.72. The first-order valence-corrected chi connectivity index (χ1v) is 8.77. The van der Waals surface area contributed by atoms with Gasteiger partial charge >= 0.3 is 0 Å². The Morgan fingerprint density at radius 2 is 1.88 bits per heavy atom. The fraction of sp³-hybridized carbons (Fsp3) is 0.381. The zero-order valence-corrected chi connectivity index (χ0v) is 15.9. The summed E-state index contributed by atoms with van der Waals surface area (Å²) in [6.07, 6.45) is 0.959. The van der Waals surface area contributed by atoms with Gasteiger partial charge in [0.2, 0.25) is 0 Å². The minimum absolute atomic E-state index is 0.0148. The molecule has 0 aliphatic carbocycles. The Morgan fingerprint density at radius 3 is 2.46 bits per heavy atom. The van der Waals surface area contributed by atoms with Gasteiger partial charge in [-0.1, -0.05) is 42.8 Å². The van der Waals surface area contributed by atoms with E-state index in [-0.39, 0.29) is 17.4 Å². The van der Waals surface area contributed by atoms with Crippen LogP contribution in [0, 0.1) is 6.92 Å². The van der Waals surface area contributed by atoms with Crippen LogP contribution in [0.3, 0.4) is 0 Å². The first-order valence-electron chi connectivity index (χ1n) is 8.40. The number of carbonyl (C=O) groups is 1. The molecule has 3 heteroatoms. The molecular formula is C21H26ClNO. The number of ketones is 1. The second kappa shape index (κ2) is 7.50. The van der Waals surface area contributed by atoms with E-state index < -0.39 is 0 Å². The number of rotatable bonds is 5. The Kier molecular flexibility index (Phi) is 5.84. The second-order valence-corrected chi connectivity index (χ2v) is 7.70. The van der Waals surface area contributed by atoms with Crippen LogP contribution < -0.4 is 5.32 Å². The summed E-state index contributed by atoms with van der Waals surface area (Å²) in [6, 6.07) is 13.6. The highest BCUT2D eigenvalue weighted by molar-refractivity contribution is 6.35. The molecule has 2 aromatic carbocycles. The lowest BCUT2D eigenvalue weighted by atomic mass is 9.95. The molecule has 1 atom stereocenters. The van der Waals surface area contributed by atoms with E-state index in [2.05, 4.69) is 39.1 Å². The van der Waals surface area contributed by atoms with Gasteiger partial charge in [-0.05, 0) is 63.4 Å². The van der Waals surface area contributed by atoms with Crippen LogP contribution in [0.25, 0.3) is 0 Å². The lowest BCUT2D eigenvalue weighted by Crippen LogP contribution is -2.38. The quantitative estimate of drug-likeness (QED) is 0.703. The molecule has 0 aliphatic heterocycles. The number of nitrogens with one attached hydrogen (secondary N) is 1. The summed E-state index contributed by atoms with van der Waals surface area (Å²) >= 11 is 6.26. The van der Waals surface area contributed by atoms with E-state index in [9.17, 15) is 4.79 Å². The van der Waals surface area contributed by atoms with Gasteiger partial charge in [0.1, 0.15) is 0 Å². The Bertz CT molecular complexity index is 731. The van der Waals surface area contributed by atoms with Crippen molar-refractivity contribution in [3.05, 3.63) is 69.7 Å². The molecule has 1 unspecified atom stereocenters. The molecule has 0 saturated carbocycles. The molecule has 24 heavy (non-hydrogen) atoms. The van der Waals surface area contributed by atoms with E-state index in [1.165, 1.54) is 0 Å². The highest BCUT2D eigenvalue weighted by atomic mass is 35.5. The summed E-state index contributed by atoms with van der Waals surface area (Å²) in [4.78, 5) is 12.8. The lowest BCUT2D eigenvalue weighted by molar-refractivity contribution is 0.103. The molecule has 1 N–H and O–H groups in total. The van der Waals surface area contributed by atoms with E-state index in [1.807, 2.05) is 37.3 Å². The Hall–Kier alpha value is -1.64. The van der Waals surface area contributed by atoms with Gasteiger partial charge in [0.05, 0.1) is 5.02 Å². The summed E-state index contributed by atoms with van der Waals surface area (Å²) < 4.78 is 0. The van der Waals surface area contributed by atoms with Crippen LogP contribution in [0.15, 0.2) is 42.5 Å². The zero-order chi connectivity index (χ0) is 17.9. The van der Waals surface area contributed by atoms with Crippen molar-refractivity contribution >= 4 is 17.4 Å². The van der Waals surface area contributed by atoms with Crippen LogP contribution >= 0.6 is 11.6 Å². The van der Waals surface area contributed by atoms with Gasteiger partial charge in [0.25, 0.3) is 0 Å². The number of benzene rings is 2. The van der Waals surface area contributed by atoms with Crippen molar-refractivity contribution < 1.29 is 4.79 Å². The van der Waals surface area contributed by atoms with Gasteiger partial charge < -0.3 is 5.32 Å². The van der Waals surface area contributed by atoms with Crippen LogP contribution in [0.1, 0.15) is 67.2 Å². The van der Waals surface area contributed by atoms with Crippen LogP contribution in [0.4, 0.5) is 0 Å². The minimum atomic E-state index is -0.0348. The maximum absolute atomic E-state index is 12.8. The van der Waals surface area contributed by atoms with Crippen LogP contribution in [-0.2, 0) is 0 Å². The third kappa shape index (κ3) is 4.68. The Labute approximate surface area is 150 Å². The maximum atomic E-state index is 12.8. The van der Waals surface area contributed by atoms with E-state index >= 15 is 0 Å². The second-order valence-electron chi connectivity index (χ2n) is 7.29. The van der Waals surface area contributed by atoms with Gasteiger partial charge in [0.15, 0.2) is 5.78 Å². The van der Waals surface area contributed by atoms with Crippen LogP contribution in [0.5, 0.6) is 0 Å². The predicted molar refractivity (Wildman–Crippen MR) is 102 cm³/mol. The normalized spacial score (nSPS) is 12.9. The molecule has 128 valence electrons. The fourth-order valence-electron chi connectivity index (χ4n) is 2.80. The van der Waals surface area contributed by atoms with Crippen molar-refractivity contribution in [3.8, 4) is 0 Å². The zero-order valence-electron chi connectivity index (χ0n) is 15.1. The summed E-state index contributed by atoms with van der Waals surface area (Å²) in [5.41, 5.74) is 3.41. The SMILES string of the molecule is CCC(NC(C)(C)C)c1cccc(C(=O)c2ccc(C)cc2Cl)c1. The molecule has 0 heterocycles. The van der Waals surface area contributed by atoms with Gasteiger partial charge in [-0.2, -0.15) is 0 Å². The smallest absolute Gasteiger partial charge is 0.194 e. The number of hydrogen-bond acceptors (Lipinski definition) is 2. The van der Waals surface area contributed by atoms with Crippen molar-refractivity contribution in [2.45, 2.75) is 52.6 Å². The van der Waals surface area contributed by atoms with E-state index in [0.717, 1.165) is 17.5 Å². The molecule has 0 aromatic heterocycles. The third-order valence-electron chi connectivity index (χ3n) is 3.94. The highest BCUT2D eigenvalue weighted by Gasteiger charge is 2.19. The molecule has 2 aromatic rings. The summed E-state index contributed by atoms with van der Waals surface area (Å²) in [7, 11) is 0. The number of halogens is 1. The third-order valence-corrected chi connectivity index (χ3v) is 4.25. The molecule has 0 saturated heterocycles. The summed E-state index contributed by atoms with van der Waals surface area (Å²) in [6.45, 7) is 10.6. The molecule has 0 spiro atoms. The minimum Gasteiger partial charge on any atom is -0.305 e. The van der Waals surface area contributed by atoms with E-state index in [4.69, 9.17) is 11.6 Å². The molecule has 2 nitrogen and oxygen atoms in total. The molecule has 0 amide bonds. The largest absolute Gasteiger partial charge is 0.305 e. The number of hydrogen-bond donors (Lipinski definition) is 1. The average molecular weight is 344 g/mol. The number of carbonyl (C=O) groups excluding carboxylic acids is 1. The first kappa shape index (κ1) is 18.7. The lowest BCUT2D eigenvalue weighted by Gasteiger charge is -2.28. The van der Waals surface area contributed by atoms with Crippen LogP contribution in [-0.4, -0.2) is 11.3 Å². The Morgan fingerprint density at radius 1 is 1.17 bits per heavy atom.